The number of hydrogen-bond donors (Lipinski definition) is 3. The Morgan fingerprint density at radius 3 is 2.38 bits per heavy atom. The first kappa shape index (κ1) is 48.5. The third-order valence-corrected chi connectivity index (χ3v) is 15.2. The van der Waals surface area contributed by atoms with Crippen LogP contribution in [0.2, 0.25) is 0 Å². The normalized spacial score (nSPS) is 22.0. The van der Waals surface area contributed by atoms with E-state index in [9.17, 15) is 50.5 Å². The Bertz CT molecular complexity index is 2500. The maximum Gasteiger partial charge on any atom is 0.410 e. The number of ether oxygens (including phenoxy) is 2. The van der Waals surface area contributed by atoms with E-state index in [0.717, 1.165) is 21.3 Å². The summed E-state index contributed by atoms with van der Waals surface area (Å²) in [6.45, 7) is 10.1. The fourth-order valence-electron chi connectivity index (χ4n) is 7.85. The zero-order valence-electron chi connectivity index (χ0n) is 36.1. The summed E-state index contributed by atoms with van der Waals surface area (Å²) in [5.41, 5.74) is -2.86. The average Bonchev–Trinajstić information content (AvgIpc) is 4.13. The fourth-order valence-corrected chi connectivity index (χ4v) is 10.9. The van der Waals surface area contributed by atoms with E-state index in [0.29, 0.717) is 18.4 Å². The molecule has 352 valence electrons. The summed E-state index contributed by atoms with van der Waals surface area (Å²) in [6.07, 6.45) is 0.186. The molecule has 0 aromatic heterocycles. The van der Waals surface area contributed by atoms with Crippen molar-refractivity contribution in [3.05, 3.63) is 94.8 Å². The van der Waals surface area contributed by atoms with Crippen LogP contribution in [0.3, 0.4) is 0 Å². The lowest BCUT2D eigenvalue weighted by atomic mass is 10.1. The predicted octanol–water partition coefficient (Wildman–Crippen LogP) is 3.38. The lowest BCUT2D eigenvalue weighted by Crippen LogP contribution is -2.60. The van der Waals surface area contributed by atoms with Gasteiger partial charge in [-0.15, -0.1) is 13.2 Å². The predicted molar refractivity (Wildman–Crippen MR) is 230 cm³/mol. The number of nitrogens with one attached hydrogen (secondary N) is 3. The molecule has 0 spiro atoms. The molecule has 0 radical (unpaired) electrons. The molecule has 2 saturated carbocycles. The number of rotatable bonds is 18. The van der Waals surface area contributed by atoms with E-state index in [-0.39, 0.29) is 44.5 Å². The van der Waals surface area contributed by atoms with Gasteiger partial charge in [-0.3, -0.25) is 34.1 Å². The van der Waals surface area contributed by atoms with Gasteiger partial charge >= 0.3 is 12.2 Å². The molecular formula is C42H52FN7O13S2. The fraction of sp³-hybridized carbons (Fsp3) is 0.500. The minimum Gasteiger partial charge on any atom is -0.444 e. The van der Waals surface area contributed by atoms with E-state index in [2.05, 4.69) is 23.8 Å². The van der Waals surface area contributed by atoms with Crippen molar-refractivity contribution in [2.45, 2.75) is 112 Å². The number of amides is 5. The van der Waals surface area contributed by atoms with Gasteiger partial charge in [0.15, 0.2) is 4.90 Å². The highest BCUT2D eigenvalue weighted by molar-refractivity contribution is 7.91. The number of hydrogen-bond acceptors (Lipinski definition) is 13. The molecule has 3 N–H and O–H groups in total. The van der Waals surface area contributed by atoms with Crippen LogP contribution in [-0.2, 0) is 57.0 Å². The lowest BCUT2D eigenvalue weighted by Gasteiger charge is -2.32. The highest BCUT2D eigenvalue weighted by atomic mass is 32.2. The van der Waals surface area contributed by atoms with Gasteiger partial charge in [-0.1, -0.05) is 36.4 Å². The Morgan fingerprint density at radius 1 is 1.06 bits per heavy atom. The van der Waals surface area contributed by atoms with Crippen molar-refractivity contribution in [1.82, 2.24) is 29.5 Å². The SMILES string of the molecule is C=CCCCN(C[C@H](NC(=O)OC(C)(C)C)C(=O)N1C[C@H](OC(=O)N2Cc3cccc(F)c3C2)C[C@H]1C(=O)N[C@]1(C(=O)NS(=O)(=O)C2CC2)C[C@H]1C=C)S(=O)(=O)c1ccccc1[N+](=O)[O-]. The van der Waals surface area contributed by atoms with E-state index in [4.69, 9.17) is 9.47 Å². The molecule has 2 aromatic rings. The van der Waals surface area contributed by atoms with Crippen molar-refractivity contribution >= 4 is 55.6 Å². The van der Waals surface area contributed by atoms with E-state index in [1.54, 1.807) is 6.07 Å². The van der Waals surface area contributed by atoms with Gasteiger partial charge in [0.25, 0.3) is 11.6 Å². The minimum absolute atomic E-state index is 0.00678. The van der Waals surface area contributed by atoms with Gasteiger partial charge in [-0.25, -0.2) is 30.8 Å². The number of unbranched alkanes of at least 4 members (excludes halogenated alkanes) is 1. The van der Waals surface area contributed by atoms with Gasteiger partial charge in [0.2, 0.25) is 31.9 Å². The van der Waals surface area contributed by atoms with Gasteiger partial charge in [0.1, 0.15) is 35.1 Å². The van der Waals surface area contributed by atoms with Gasteiger partial charge < -0.3 is 25.0 Å². The summed E-state index contributed by atoms with van der Waals surface area (Å²) in [7, 11) is -8.89. The summed E-state index contributed by atoms with van der Waals surface area (Å²) < 4.78 is 83.0. The highest BCUT2D eigenvalue weighted by Crippen LogP contribution is 2.45. The smallest absolute Gasteiger partial charge is 0.410 e. The van der Waals surface area contributed by atoms with Crippen LogP contribution < -0.4 is 15.4 Å². The van der Waals surface area contributed by atoms with E-state index in [1.807, 2.05) is 4.72 Å². The van der Waals surface area contributed by atoms with Crippen molar-refractivity contribution in [1.29, 1.82) is 0 Å². The number of nitrogens with zero attached hydrogens (tertiary/aromatic N) is 4. The topological polar surface area (TPSA) is 261 Å². The largest absolute Gasteiger partial charge is 0.444 e. The van der Waals surface area contributed by atoms with Crippen LogP contribution in [0.4, 0.5) is 19.7 Å². The zero-order valence-corrected chi connectivity index (χ0v) is 37.7. The first-order valence-corrected chi connectivity index (χ1v) is 23.9. The summed E-state index contributed by atoms with van der Waals surface area (Å²) in [4.78, 5) is 82.7. The molecule has 0 unspecified atom stereocenters. The van der Waals surface area contributed by atoms with Crippen LogP contribution in [-0.4, -0.2) is 120 Å². The summed E-state index contributed by atoms with van der Waals surface area (Å²) >= 11 is 0. The molecule has 3 fully saturated rings. The number of halogens is 1. The first-order valence-electron chi connectivity index (χ1n) is 20.9. The van der Waals surface area contributed by atoms with E-state index >= 15 is 4.79 Å². The second-order valence-electron chi connectivity index (χ2n) is 17.4. The van der Waals surface area contributed by atoms with Crippen LogP contribution in [0.25, 0.3) is 0 Å². The van der Waals surface area contributed by atoms with Crippen LogP contribution in [0.1, 0.15) is 70.4 Å². The summed E-state index contributed by atoms with van der Waals surface area (Å²) in [5.74, 6) is -4.35. The molecule has 2 aromatic carbocycles. The Balaban J connectivity index is 1.35. The number of nitro groups is 1. The van der Waals surface area contributed by atoms with Crippen molar-refractivity contribution in [2.75, 3.05) is 19.6 Å². The Morgan fingerprint density at radius 2 is 1.77 bits per heavy atom. The number of para-hydroxylation sites is 1. The molecule has 20 nitrogen and oxygen atoms in total. The van der Waals surface area contributed by atoms with Crippen molar-refractivity contribution < 1.29 is 59.6 Å². The second kappa shape index (κ2) is 18.9. The molecule has 6 rings (SSSR count). The molecule has 2 heterocycles. The molecule has 5 atom stereocenters. The Labute approximate surface area is 375 Å². The quantitative estimate of drug-likeness (QED) is 0.0839. The van der Waals surface area contributed by atoms with Crippen molar-refractivity contribution in [3.8, 4) is 0 Å². The number of benzene rings is 2. The monoisotopic (exact) mass is 945 g/mol. The third-order valence-electron chi connectivity index (χ3n) is 11.4. The maximum atomic E-state index is 15.0. The number of likely N-dealkylation sites (tertiary alicyclic amines) is 1. The molecular weight excluding hydrogens is 894 g/mol. The summed E-state index contributed by atoms with van der Waals surface area (Å²) in [5, 5.41) is 16.2. The number of allylic oxidation sites excluding steroid dienone is 1. The van der Waals surface area contributed by atoms with Gasteiger partial charge in [0.05, 0.1) is 23.3 Å². The van der Waals surface area contributed by atoms with Gasteiger partial charge in [0, 0.05) is 43.6 Å². The number of sulfonamides is 2. The second-order valence-corrected chi connectivity index (χ2v) is 21.2. The average molecular weight is 946 g/mol. The number of fused-ring (bicyclic) bond motifs is 1. The molecule has 0 bridgehead atoms. The lowest BCUT2D eigenvalue weighted by molar-refractivity contribution is -0.387. The maximum absolute atomic E-state index is 15.0. The minimum atomic E-state index is -4.81. The number of nitro benzene ring substituents is 1. The van der Waals surface area contributed by atoms with Gasteiger partial charge in [-0.05, 0) is 70.6 Å². The number of alkyl carbamates (subject to hydrolysis) is 1. The molecule has 1 saturated heterocycles. The molecule has 4 aliphatic rings. The molecule has 65 heavy (non-hydrogen) atoms. The number of carbonyl (C=O) groups is 5. The zero-order chi connectivity index (χ0) is 47.6. The summed E-state index contributed by atoms with van der Waals surface area (Å²) in [6, 6.07) is 5.50. The third kappa shape index (κ3) is 11.0. The van der Waals surface area contributed by atoms with Crippen molar-refractivity contribution in [3.63, 3.8) is 0 Å². The van der Waals surface area contributed by atoms with E-state index < -0.39 is 131 Å². The van der Waals surface area contributed by atoms with Crippen LogP contribution in [0, 0.1) is 21.8 Å². The van der Waals surface area contributed by atoms with Gasteiger partial charge in [-0.2, -0.15) is 4.31 Å². The van der Waals surface area contributed by atoms with Crippen LogP contribution in [0.15, 0.2) is 72.7 Å². The molecule has 2 aliphatic heterocycles. The molecule has 5 amide bonds. The Kier molecular flexibility index (Phi) is 14.1. The van der Waals surface area contributed by atoms with Crippen LogP contribution >= 0.6 is 0 Å². The van der Waals surface area contributed by atoms with Crippen molar-refractivity contribution in [2.24, 2.45) is 5.92 Å². The standard InChI is InChI=1S/C42H52FN7O13S2/c1-6-8-11-19-48(65(60,61)35-16-10-9-15-33(35)50(56)57)25-32(44-39(54)63-41(3,4)5)37(52)49-23-28(62-40(55)47-22-26-13-12-14-31(43)30(26)24-47)20-34(49)36(51)45-42(21-27(42)7-2)38(53)46-64(58,59)29-17-18-29/h6-7,9-10,12-16,27-29,32,34H,1-2,8,11,17-25H2,3-5H3,(H,44,54)(H,45,51)(H,46,53)/t27-,28-,32+,34+,42-/m1/s1. The molecule has 23 heteroatoms. The molecule has 2 aliphatic carbocycles. The Hall–Kier alpha value is -5.94. The number of carbonyl (C=O) groups excluding carboxylic acids is 5. The highest BCUT2D eigenvalue weighted by Gasteiger charge is 2.62. The van der Waals surface area contributed by atoms with Crippen LogP contribution in [0.5, 0.6) is 0 Å². The first-order chi connectivity index (χ1) is 30.5. The van der Waals surface area contributed by atoms with E-state index in [1.165, 1.54) is 62.1 Å².